The van der Waals surface area contributed by atoms with E-state index in [1.54, 1.807) is 6.29 Å². The van der Waals surface area contributed by atoms with Gasteiger partial charge in [0.2, 0.25) is 6.29 Å². The molecule has 3 heteroatoms. The highest BCUT2D eigenvalue weighted by molar-refractivity contribution is 6.28. The molecule has 33 valence electrons. The minimum Gasteiger partial charge on any atom is -0.303 e. The number of aldehydes is 1. The Balaban J connectivity index is 3.21. The van der Waals surface area contributed by atoms with Crippen molar-refractivity contribution in [2.45, 2.75) is 5.54 Å². The van der Waals surface area contributed by atoms with Crippen LogP contribution in [-0.4, -0.2) is 22.8 Å². The fourth-order valence-electron chi connectivity index (χ4n) is 0.0278. The van der Waals surface area contributed by atoms with Crippen molar-refractivity contribution in [3.63, 3.8) is 0 Å². The van der Waals surface area contributed by atoms with E-state index in [4.69, 9.17) is 0 Å². The highest BCUT2D eigenvalue weighted by Gasteiger charge is 1.91. The Morgan fingerprint density at radius 1 is 1.83 bits per heavy atom. The molecule has 1 atom stereocenters. The molecule has 0 fully saturated rings. The lowest BCUT2D eigenvalue weighted by molar-refractivity contribution is -0.106. The van der Waals surface area contributed by atoms with Crippen molar-refractivity contribution in [3.05, 3.63) is 0 Å². The summed E-state index contributed by atoms with van der Waals surface area (Å²) in [4.78, 5) is 18.9. The molecule has 1 unspecified atom stereocenters. The van der Waals surface area contributed by atoms with Crippen molar-refractivity contribution in [1.82, 2.24) is 0 Å². The Morgan fingerprint density at radius 3 is 2.33 bits per heavy atom. The van der Waals surface area contributed by atoms with Gasteiger partial charge in [-0.15, -0.1) is 0 Å². The summed E-state index contributed by atoms with van der Waals surface area (Å²) in [6.07, 6.45) is 2.17. The summed E-state index contributed by atoms with van der Waals surface area (Å²) in [6, 6.07) is 0. The van der Waals surface area contributed by atoms with E-state index in [-0.39, 0.29) is 0 Å². The van der Waals surface area contributed by atoms with E-state index < -0.39 is 5.54 Å². The highest BCUT2D eigenvalue weighted by atomic mass is 28.1. The molecule has 0 aliphatic carbocycles. The van der Waals surface area contributed by atoms with Crippen LogP contribution in [0.15, 0.2) is 0 Å². The molecule has 0 aliphatic heterocycles. The third kappa shape index (κ3) is 1.84. The van der Waals surface area contributed by atoms with Gasteiger partial charge in [-0.1, -0.05) is 0 Å². The number of carbonyl (C=O) groups excluding carboxylic acids is 2. The topological polar surface area (TPSA) is 34.1 Å². The quantitative estimate of drug-likeness (QED) is 0.240. The van der Waals surface area contributed by atoms with Crippen LogP contribution < -0.4 is 0 Å². The molecule has 0 rings (SSSR count). The number of carbonyl (C=O) groups is 1. The fourth-order valence-corrected chi connectivity index (χ4v) is 0.0278. The van der Waals surface area contributed by atoms with Gasteiger partial charge in [0.15, 0.2) is 0 Å². The first kappa shape index (κ1) is 5.56. The predicted octanol–water partition coefficient (Wildman–Crippen LogP) is -1.55. The van der Waals surface area contributed by atoms with Crippen LogP contribution in [0.1, 0.15) is 0 Å². The molecule has 0 amide bonds. The second kappa shape index (κ2) is 2.78. The predicted molar refractivity (Wildman–Crippen MR) is 25.4 cm³/mol. The molecule has 0 aromatic heterocycles. The summed E-state index contributed by atoms with van der Waals surface area (Å²) in [7, 11) is 0.599. The van der Waals surface area contributed by atoms with Gasteiger partial charge < -0.3 is 4.79 Å². The summed E-state index contributed by atoms with van der Waals surface area (Å²) >= 11 is 0. The minimum absolute atomic E-state index is 0.412. The van der Waals surface area contributed by atoms with Crippen molar-refractivity contribution in [2.24, 2.45) is 0 Å². The van der Waals surface area contributed by atoms with Gasteiger partial charge in [-0.05, 0) is 0 Å². The molecular formula is C3H5O2Si. The summed E-state index contributed by atoms with van der Waals surface area (Å²) in [5.41, 5.74) is -0.412. The van der Waals surface area contributed by atoms with E-state index >= 15 is 0 Å². The average Bonchev–Trinajstić information content (AvgIpc) is 1.65. The molecule has 1 radical (unpaired) electrons. The second-order valence-corrected chi connectivity index (χ2v) is 2.29. The largest absolute Gasteiger partial charge is 0.303 e. The van der Waals surface area contributed by atoms with Crippen LogP contribution in [0.2, 0.25) is 5.54 Å². The first-order valence-electron chi connectivity index (χ1n) is 1.64. The zero-order valence-corrected chi connectivity index (χ0v) is 5.47. The van der Waals surface area contributed by atoms with E-state index in [1.165, 1.54) is 0 Å². The van der Waals surface area contributed by atoms with Gasteiger partial charge in [0, 0.05) is 10.2 Å². The molecule has 0 spiro atoms. The van der Waals surface area contributed by atoms with Gasteiger partial charge in [0.05, 0.1) is 5.54 Å². The Morgan fingerprint density at radius 2 is 2.33 bits per heavy atom. The van der Waals surface area contributed by atoms with E-state index in [2.05, 4.69) is 0 Å². The SMILES string of the molecule is O=[C]C([SiH3])C=O. The Labute approximate surface area is 39.0 Å². The summed E-state index contributed by atoms with van der Waals surface area (Å²) in [5, 5.41) is 0. The third-order valence-electron chi connectivity index (χ3n) is 0.390. The summed E-state index contributed by atoms with van der Waals surface area (Å²) in [5.74, 6) is 0. The van der Waals surface area contributed by atoms with E-state index in [0.717, 1.165) is 0 Å². The molecule has 6 heavy (non-hydrogen) atoms. The maximum absolute atomic E-state index is 9.51. The molecule has 0 heterocycles. The average molecular weight is 101 g/mol. The molecule has 0 aromatic rings. The van der Waals surface area contributed by atoms with Gasteiger partial charge in [-0.25, -0.2) is 0 Å². The fraction of sp³-hybridized carbons (Fsp3) is 0.333. The maximum atomic E-state index is 9.51. The van der Waals surface area contributed by atoms with Crippen LogP contribution >= 0.6 is 0 Å². The van der Waals surface area contributed by atoms with Crippen molar-refractivity contribution in [1.29, 1.82) is 0 Å². The lowest BCUT2D eigenvalue weighted by atomic mass is 10.5. The molecule has 0 saturated carbocycles. The molecule has 0 bridgehead atoms. The maximum Gasteiger partial charge on any atom is 0.205 e. The first-order valence-corrected chi connectivity index (χ1v) is 2.79. The molecule has 0 aromatic carbocycles. The third-order valence-corrected chi connectivity index (χ3v) is 0.898. The van der Waals surface area contributed by atoms with Crippen molar-refractivity contribution in [2.75, 3.05) is 0 Å². The second-order valence-electron chi connectivity index (χ2n) is 1.04. The standard InChI is InChI=1S/C3H5O2Si/c4-1-3(6)2-5/h1,3H,6H3. The van der Waals surface area contributed by atoms with Crippen molar-refractivity contribution < 1.29 is 9.59 Å². The van der Waals surface area contributed by atoms with Gasteiger partial charge >= 0.3 is 0 Å². The highest BCUT2D eigenvalue weighted by Crippen LogP contribution is 1.79. The zero-order valence-electron chi connectivity index (χ0n) is 3.47. The van der Waals surface area contributed by atoms with Crippen LogP contribution in [0.3, 0.4) is 0 Å². The first-order chi connectivity index (χ1) is 2.81. The van der Waals surface area contributed by atoms with Crippen molar-refractivity contribution >= 4 is 22.8 Å². The van der Waals surface area contributed by atoms with Crippen LogP contribution in [0.5, 0.6) is 0 Å². The van der Waals surface area contributed by atoms with Gasteiger partial charge in [-0.3, -0.25) is 4.79 Å². The van der Waals surface area contributed by atoms with Gasteiger partial charge in [0.1, 0.15) is 6.29 Å². The van der Waals surface area contributed by atoms with Gasteiger partial charge in [-0.2, -0.15) is 0 Å². The smallest absolute Gasteiger partial charge is 0.205 e. The Bertz CT molecular complexity index is 53.8. The van der Waals surface area contributed by atoms with Crippen LogP contribution in [-0.2, 0) is 9.59 Å². The van der Waals surface area contributed by atoms with E-state index in [1.807, 2.05) is 0 Å². The minimum atomic E-state index is -0.412. The van der Waals surface area contributed by atoms with Crippen LogP contribution in [0.25, 0.3) is 0 Å². The van der Waals surface area contributed by atoms with Gasteiger partial charge in [0.25, 0.3) is 0 Å². The normalized spacial score (nSPS) is 8.83. The number of hydrogen-bond donors (Lipinski definition) is 0. The van der Waals surface area contributed by atoms with E-state index in [9.17, 15) is 9.59 Å². The zero-order chi connectivity index (χ0) is 4.99. The van der Waals surface area contributed by atoms with Crippen LogP contribution in [0.4, 0.5) is 0 Å². The monoisotopic (exact) mass is 101 g/mol. The number of rotatable bonds is 2. The Hall–Kier alpha value is -0.443. The lowest BCUT2D eigenvalue weighted by Crippen LogP contribution is -1.91. The number of hydrogen-bond acceptors (Lipinski definition) is 2. The molecular weight excluding hydrogens is 96.1 g/mol. The molecule has 0 saturated heterocycles. The van der Waals surface area contributed by atoms with Crippen molar-refractivity contribution in [3.8, 4) is 0 Å². The summed E-state index contributed by atoms with van der Waals surface area (Å²) < 4.78 is 0. The Kier molecular flexibility index (Phi) is 2.57. The molecule has 2 nitrogen and oxygen atoms in total. The van der Waals surface area contributed by atoms with Crippen LogP contribution in [0, 0.1) is 0 Å². The molecule has 0 N–H and O–H groups in total. The van der Waals surface area contributed by atoms with E-state index in [0.29, 0.717) is 16.5 Å². The summed E-state index contributed by atoms with van der Waals surface area (Å²) in [6.45, 7) is 0. The lowest BCUT2D eigenvalue weighted by Gasteiger charge is -1.76. The molecule has 0 aliphatic rings.